The number of nitrogens with two attached hydrogens (primary N) is 2. The molecular weight excluding hydrogens is 585 g/mol. The van der Waals surface area contributed by atoms with Crippen LogP contribution in [0.25, 0.3) is 0 Å². The SMILES string of the molecule is CSc1cccc(CN2CCN(C(=N)N)CC2)c1.CSc1cccc(CN2CCN(C(=N)N)CC2)c1.O=S(=O)(O)O. The summed E-state index contributed by atoms with van der Waals surface area (Å²) in [4.78, 5) is 11.3. The Kier molecular flexibility index (Phi) is 14.7. The Morgan fingerprint density at radius 1 is 0.732 bits per heavy atom. The zero-order valence-electron chi connectivity index (χ0n) is 23.6. The number of nitrogens with one attached hydrogen (secondary N) is 2. The fourth-order valence-corrected chi connectivity index (χ4v) is 5.32. The first kappa shape index (κ1) is 34.7. The van der Waals surface area contributed by atoms with E-state index in [4.69, 9.17) is 39.8 Å². The standard InChI is InChI=1S/2C13H20N4S.H2O4S/c2*1-18-12-4-2-3-11(9-12)10-16-5-7-17(8-6-16)13(14)15;1-5(2,3)4/h2*2-4,9H,5-8,10H2,1H3,(H3,14,15);(H2,1,2,3,4). The fourth-order valence-electron chi connectivity index (χ4n) is 4.35. The lowest BCUT2D eigenvalue weighted by molar-refractivity contribution is 0.174. The van der Waals surface area contributed by atoms with Gasteiger partial charge in [-0.15, -0.1) is 23.5 Å². The normalized spacial score (nSPS) is 16.2. The highest BCUT2D eigenvalue weighted by atomic mass is 32.3. The molecule has 0 radical (unpaired) electrons. The quantitative estimate of drug-likeness (QED) is 0.119. The molecule has 41 heavy (non-hydrogen) atoms. The minimum atomic E-state index is -4.67. The predicted molar refractivity (Wildman–Crippen MR) is 168 cm³/mol. The molecule has 0 amide bonds. The second kappa shape index (κ2) is 17.4. The molecule has 8 N–H and O–H groups in total. The number of rotatable bonds is 6. The van der Waals surface area contributed by atoms with Crippen molar-refractivity contribution < 1.29 is 17.5 Å². The first-order valence-corrected chi connectivity index (χ1v) is 16.8. The van der Waals surface area contributed by atoms with E-state index in [0.717, 1.165) is 65.4 Å². The molecule has 2 saturated heterocycles. The Hall–Kier alpha value is -2.53. The maximum absolute atomic E-state index is 8.74. The molecule has 0 atom stereocenters. The van der Waals surface area contributed by atoms with Crippen molar-refractivity contribution in [1.29, 1.82) is 10.8 Å². The molecule has 228 valence electrons. The number of nitrogens with zero attached hydrogens (tertiary/aromatic N) is 4. The molecule has 0 saturated carbocycles. The summed E-state index contributed by atoms with van der Waals surface area (Å²) in [5.74, 6) is 0.387. The van der Waals surface area contributed by atoms with E-state index in [1.165, 1.54) is 20.9 Å². The van der Waals surface area contributed by atoms with Gasteiger partial charge >= 0.3 is 10.4 Å². The molecule has 4 rings (SSSR count). The molecule has 0 spiro atoms. The van der Waals surface area contributed by atoms with Crippen molar-refractivity contribution in [3.8, 4) is 0 Å². The summed E-state index contributed by atoms with van der Waals surface area (Å²) in [6.45, 7) is 9.31. The zero-order chi connectivity index (χ0) is 30.4. The van der Waals surface area contributed by atoms with Gasteiger partial charge in [0.25, 0.3) is 0 Å². The molecule has 0 bridgehead atoms. The van der Waals surface area contributed by atoms with Crippen LogP contribution in [0.3, 0.4) is 0 Å². The number of thioether (sulfide) groups is 2. The summed E-state index contributed by atoms with van der Waals surface area (Å²) < 4.78 is 31.6. The van der Waals surface area contributed by atoms with Gasteiger partial charge in [0.05, 0.1) is 0 Å². The highest BCUT2D eigenvalue weighted by Crippen LogP contribution is 2.18. The largest absolute Gasteiger partial charge is 0.394 e. The number of hydrogen-bond donors (Lipinski definition) is 6. The molecule has 2 heterocycles. The van der Waals surface area contributed by atoms with E-state index in [9.17, 15) is 0 Å². The van der Waals surface area contributed by atoms with E-state index < -0.39 is 10.4 Å². The Labute approximate surface area is 252 Å². The van der Waals surface area contributed by atoms with E-state index in [-0.39, 0.29) is 11.9 Å². The lowest BCUT2D eigenvalue weighted by Crippen LogP contribution is -2.50. The van der Waals surface area contributed by atoms with Crippen molar-refractivity contribution in [3.63, 3.8) is 0 Å². The first-order valence-electron chi connectivity index (χ1n) is 13.0. The first-order chi connectivity index (χ1) is 19.4. The Balaban J connectivity index is 0.000000247. The van der Waals surface area contributed by atoms with E-state index in [1.54, 1.807) is 23.5 Å². The van der Waals surface area contributed by atoms with Gasteiger partial charge in [0.1, 0.15) is 0 Å². The predicted octanol–water partition coefficient (Wildman–Crippen LogP) is 2.19. The van der Waals surface area contributed by atoms with Crippen molar-refractivity contribution in [2.75, 3.05) is 64.9 Å². The van der Waals surface area contributed by atoms with Gasteiger partial charge in [-0.2, -0.15) is 8.42 Å². The van der Waals surface area contributed by atoms with Crippen LogP contribution in [0.5, 0.6) is 0 Å². The van der Waals surface area contributed by atoms with E-state index >= 15 is 0 Å². The van der Waals surface area contributed by atoms with Crippen LogP contribution in [-0.4, -0.2) is 114 Å². The van der Waals surface area contributed by atoms with Crippen molar-refractivity contribution >= 4 is 45.8 Å². The summed E-state index contributed by atoms with van der Waals surface area (Å²) in [6, 6.07) is 17.4. The molecule has 0 aromatic heterocycles. The number of guanidine groups is 2. The monoisotopic (exact) mass is 626 g/mol. The molecule has 2 aromatic rings. The summed E-state index contributed by atoms with van der Waals surface area (Å²) in [5.41, 5.74) is 13.7. The summed E-state index contributed by atoms with van der Waals surface area (Å²) in [6.07, 6.45) is 4.20. The molecule has 2 aromatic carbocycles. The third kappa shape index (κ3) is 14.3. The van der Waals surface area contributed by atoms with Gasteiger partial charge in [0.2, 0.25) is 0 Å². The van der Waals surface area contributed by atoms with Gasteiger partial charge in [-0.05, 0) is 47.9 Å². The average molecular weight is 627 g/mol. The zero-order valence-corrected chi connectivity index (χ0v) is 26.0. The average Bonchev–Trinajstić information content (AvgIpc) is 2.93. The second-order valence-corrected chi connectivity index (χ2v) is 12.1. The molecule has 2 fully saturated rings. The van der Waals surface area contributed by atoms with Gasteiger partial charge in [-0.1, -0.05) is 24.3 Å². The van der Waals surface area contributed by atoms with Crippen molar-refractivity contribution in [2.24, 2.45) is 11.5 Å². The highest BCUT2D eigenvalue weighted by molar-refractivity contribution is 7.98. The second-order valence-electron chi connectivity index (χ2n) is 9.45. The van der Waals surface area contributed by atoms with Crippen molar-refractivity contribution in [2.45, 2.75) is 22.9 Å². The third-order valence-corrected chi connectivity index (χ3v) is 7.96. The topological polar surface area (TPSA) is 187 Å². The van der Waals surface area contributed by atoms with Crippen LogP contribution < -0.4 is 11.5 Å². The maximum atomic E-state index is 8.74. The van der Waals surface area contributed by atoms with Crippen LogP contribution in [0.1, 0.15) is 11.1 Å². The van der Waals surface area contributed by atoms with E-state index in [1.807, 2.05) is 9.80 Å². The van der Waals surface area contributed by atoms with Gasteiger partial charge in [0.15, 0.2) is 11.9 Å². The number of hydrogen-bond acceptors (Lipinski definition) is 8. The van der Waals surface area contributed by atoms with Crippen LogP contribution in [0.15, 0.2) is 58.3 Å². The number of benzene rings is 2. The third-order valence-electron chi connectivity index (χ3n) is 6.51. The van der Waals surface area contributed by atoms with Crippen LogP contribution in [0, 0.1) is 10.8 Å². The highest BCUT2D eigenvalue weighted by Gasteiger charge is 2.18. The lowest BCUT2D eigenvalue weighted by Gasteiger charge is -2.34. The molecule has 2 aliphatic heterocycles. The molecular formula is C26H42N8O4S3. The summed E-state index contributed by atoms with van der Waals surface area (Å²) in [7, 11) is -4.67. The molecule has 0 aliphatic carbocycles. The van der Waals surface area contributed by atoms with E-state index in [2.05, 4.69) is 70.8 Å². The molecule has 0 unspecified atom stereocenters. The van der Waals surface area contributed by atoms with Crippen LogP contribution in [0.4, 0.5) is 0 Å². The van der Waals surface area contributed by atoms with E-state index in [0.29, 0.717) is 0 Å². The Morgan fingerprint density at radius 3 is 1.32 bits per heavy atom. The van der Waals surface area contributed by atoms with Crippen LogP contribution in [-0.2, 0) is 23.5 Å². The Morgan fingerprint density at radius 2 is 1.05 bits per heavy atom. The summed E-state index contributed by atoms with van der Waals surface area (Å²) >= 11 is 3.56. The minimum Gasteiger partial charge on any atom is -0.370 e. The summed E-state index contributed by atoms with van der Waals surface area (Å²) in [5, 5.41) is 14.8. The molecule has 15 heteroatoms. The Bertz CT molecular complexity index is 1130. The minimum absolute atomic E-state index is 0.194. The van der Waals surface area contributed by atoms with Gasteiger partial charge in [-0.3, -0.25) is 29.7 Å². The molecule has 12 nitrogen and oxygen atoms in total. The van der Waals surface area contributed by atoms with Crippen LogP contribution in [0.2, 0.25) is 0 Å². The maximum Gasteiger partial charge on any atom is 0.394 e. The molecule has 2 aliphatic rings. The van der Waals surface area contributed by atoms with Crippen LogP contribution >= 0.6 is 23.5 Å². The van der Waals surface area contributed by atoms with Crippen molar-refractivity contribution in [3.05, 3.63) is 59.7 Å². The van der Waals surface area contributed by atoms with Gasteiger partial charge in [0, 0.05) is 75.2 Å². The number of piperazine rings is 2. The van der Waals surface area contributed by atoms with Gasteiger partial charge in [-0.25, -0.2) is 0 Å². The van der Waals surface area contributed by atoms with Gasteiger partial charge < -0.3 is 21.3 Å². The lowest BCUT2D eigenvalue weighted by atomic mass is 10.2. The smallest absolute Gasteiger partial charge is 0.370 e. The fraction of sp³-hybridized carbons (Fsp3) is 0.462. The van der Waals surface area contributed by atoms with Crippen molar-refractivity contribution in [1.82, 2.24) is 19.6 Å².